The lowest BCUT2D eigenvalue weighted by Crippen LogP contribution is -2.65. The quantitative estimate of drug-likeness (QED) is 0.792. The largest absolute Gasteiger partial charge is 0.393 e. The van der Waals surface area contributed by atoms with Gasteiger partial charge in [0.25, 0.3) is 0 Å². The first kappa shape index (κ1) is 13.2. The lowest BCUT2D eigenvalue weighted by Gasteiger charge is -2.50. The maximum absolute atomic E-state index is 12.6. The van der Waals surface area contributed by atoms with Gasteiger partial charge in [-0.2, -0.15) is 0 Å². The van der Waals surface area contributed by atoms with Crippen LogP contribution in [0.2, 0.25) is 0 Å². The summed E-state index contributed by atoms with van der Waals surface area (Å²) in [7, 11) is 0. The summed E-state index contributed by atoms with van der Waals surface area (Å²) in [6, 6.07) is 7.63. The molecule has 1 aromatic rings. The molecule has 1 unspecified atom stereocenters. The number of fused-ring (bicyclic) bond motifs is 1. The summed E-state index contributed by atoms with van der Waals surface area (Å²) in [6.45, 7) is 6.63. The van der Waals surface area contributed by atoms with Crippen LogP contribution in [0.25, 0.3) is 0 Å². The van der Waals surface area contributed by atoms with Crippen LogP contribution in [-0.4, -0.2) is 28.2 Å². The second kappa shape index (κ2) is 3.65. The van der Waals surface area contributed by atoms with Gasteiger partial charge < -0.3 is 10.2 Å². The Hall–Kier alpha value is -1.19. The molecule has 2 rings (SSSR count). The molecule has 1 aliphatic rings. The molecular formula is C15H20O3. The maximum atomic E-state index is 12.6. The van der Waals surface area contributed by atoms with E-state index in [0.29, 0.717) is 0 Å². The number of aliphatic hydroxyl groups excluding tert-OH is 1. The maximum Gasteiger partial charge on any atom is 0.177 e. The molecule has 1 aromatic carbocycles. The molecule has 0 fully saturated rings. The predicted molar refractivity (Wildman–Crippen MR) is 69.5 cm³/mol. The normalized spacial score (nSPS) is 28.9. The van der Waals surface area contributed by atoms with Crippen LogP contribution in [0.3, 0.4) is 0 Å². The second-order valence-corrected chi connectivity index (χ2v) is 6.14. The molecule has 3 nitrogen and oxygen atoms in total. The van der Waals surface area contributed by atoms with Crippen LogP contribution < -0.4 is 0 Å². The molecule has 0 saturated heterocycles. The van der Waals surface area contributed by atoms with Crippen LogP contribution in [0, 0.1) is 0 Å². The van der Waals surface area contributed by atoms with Crippen molar-refractivity contribution < 1.29 is 15.0 Å². The Morgan fingerprint density at radius 2 is 1.56 bits per heavy atom. The number of Topliss-reactive ketones (excluding diaryl/α,β-unsaturated/α-hetero) is 1. The van der Waals surface area contributed by atoms with Crippen molar-refractivity contribution in [1.82, 2.24) is 0 Å². The summed E-state index contributed by atoms with van der Waals surface area (Å²) >= 11 is 0. The molecule has 98 valence electrons. The number of carbonyl (C=O) groups is 1. The Morgan fingerprint density at radius 3 is 2.06 bits per heavy atom. The molecule has 0 heterocycles. The first-order chi connectivity index (χ1) is 8.19. The molecule has 18 heavy (non-hydrogen) atoms. The second-order valence-electron chi connectivity index (χ2n) is 6.14. The van der Waals surface area contributed by atoms with E-state index in [9.17, 15) is 15.0 Å². The van der Waals surface area contributed by atoms with Gasteiger partial charge in [-0.1, -0.05) is 38.1 Å². The molecule has 1 atom stereocenters. The van der Waals surface area contributed by atoms with Gasteiger partial charge in [0.15, 0.2) is 11.4 Å². The third kappa shape index (κ3) is 1.35. The van der Waals surface area contributed by atoms with Gasteiger partial charge in [0, 0.05) is 5.41 Å². The van der Waals surface area contributed by atoms with Gasteiger partial charge in [0.05, 0.1) is 12.0 Å². The number of ketones is 1. The van der Waals surface area contributed by atoms with Crippen LogP contribution in [0.5, 0.6) is 0 Å². The molecule has 0 spiro atoms. The van der Waals surface area contributed by atoms with E-state index >= 15 is 0 Å². The summed E-state index contributed by atoms with van der Waals surface area (Å²) < 4.78 is 0. The number of carbonyl (C=O) groups excluding carboxylic acids is 1. The van der Waals surface area contributed by atoms with Gasteiger partial charge in [-0.3, -0.25) is 4.79 Å². The van der Waals surface area contributed by atoms with Crippen molar-refractivity contribution in [2.24, 2.45) is 0 Å². The zero-order chi connectivity index (χ0) is 13.8. The molecule has 0 aromatic heterocycles. The van der Waals surface area contributed by atoms with E-state index in [1.165, 1.54) is 0 Å². The van der Waals surface area contributed by atoms with Crippen molar-refractivity contribution in [1.29, 1.82) is 0 Å². The number of hydrogen-bond donors (Lipinski definition) is 2. The van der Waals surface area contributed by atoms with Crippen LogP contribution in [0.4, 0.5) is 0 Å². The fraction of sp³-hybridized carbons (Fsp3) is 0.533. The zero-order valence-corrected chi connectivity index (χ0v) is 11.3. The standard InChI is InChI=1S/C15H20O3/c1-13(2)10-7-5-6-8-11(10)14(3,4)15(18,9-16)12(13)17/h5-8,16,18H,9H2,1-4H3. The number of rotatable bonds is 1. The average molecular weight is 248 g/mol. The van der Waals surface area contributed by atoms with Gasteiger partial charge in [0.2, 0.25) is 0 Å². The van der Waals surface area contributed by atoms with Crippen LogP contribution >= 0.6 is 0 Å². The third-order valence-electron chi connectivity index (χ3n) is 4.48. The summed E-state index contributed by atoms with van der Waals surface area (Å²) in [6.07, 6.45) is 0. The number of benzene rings is 1. The van der Waals surface area contributed by atoms with Crippen molar-refractivity contribution in [3.8, 4) is 0 Å². The molecule has 0 bridgehead atoms. The highest BCUT2D eigenvalue weighted by atomic mass is 16.3. The Labute approximate surface area is 107 Å². The van der Waals surface area contributed by atoms with Gasteiger partial charge in [-0.25, -0.2) is 0 Å². The van der Waals surface area contributed by atoms with E-state index in [2.05, 4.69) is 0 Å². The molecule has 0 radical (unpaired) electrons. The van der Waals surface area contributed by atoms with E-state index in [0.717, 1.165) is 11.1 Å². The highest BCUT2D eigenvalue weighted by Gasteiger charge is 2.59. The summed E-state index contributed by atoms with van der Waals surface area (Å²) in [5.41, 5.74) is -1.47. The van der Waals surface area contributed by atoms with Crippen molar-refractivity contribution in [3.05, 3.63) is 35.4 Å². The molecule has 0 saturated carbocycles. The zero-order valence-electron chi connectivity index (χ0n) is 11.3. The van der Waals surface area contributed by atoms with Crippen molar-refractivity contribution in [2.45, 2.75) is 44.1 Å². The van der Waals surface area contributed by atoms with Gasteiger partial charge in [-0.05, 0) is 25.0 Å². The van der Waals surface area contributed by atoms with Crippen LogP contribution in [0.15, 0.2) is 24.3 Å². The van der Waals surface area contributed by atoms with E-state index in [1.807, 2.05) is 24.3 Å². The highest BCUT2D eigenvalue weighted by Crippen LogP contribution is 2.48. The van der Waals surface area contributed by atoms with E-state index in [1.54, 1.807) is 27.7 Å². The lowest BCUT2D eigenvalue weighted by atomic mass is 9.55. The molecule has 2 N–H and O–H groups in total. The topological polar surface area (TPSA) is 57.5 Å². The third-order valence-corrected chi connectivity index (χ3v) is 4.48. The Morgan fingerprint density at radius 1 is 1.06 bits per heavy atom. The van der Waals surface area contributed by atoms with E-state index in [4.69, 9.17) is 0 Å². The fourth-order valence-electron chi connectivity index (χ4n) is 2.99. The average Bonchev–Trinajstić information content (AvgIpc) is 2.35. The Kier molecular flexibility index (Phi) is 2.69. The highest BCUT2D eigenvalue weighted by molar-refractivity contribution is 6.00. The van der Waals surface area contributed by atoms with Crippen molar-refractivity contribution in [3.63, 3.8) is 0 Å². The Balaban J connectivity index is 2.82. The lowest BCUT2D eigenvalue weighted by molar-refractivity contribution is -0.158. The molecular weight excluding hydrogens is 228 g/mol. The number of aliphatic hydroxyl groups is 2. The van der Waals surface area contributed by atoms with Crippen LogP contribution in [0.1, 0.15) is 38.8 Å². The van der Waals surface area contributed by atoms with Gasteiger partial charge in [0.1, 0.15) is 0 Å². The van der Waals surface area contributed by atoms with E-state index in [-0.39, 0.29) is 5.78 Å². The molecule has 1 aliphatic carbocycles. The molecule has 0 aliphatic heterocycles. The van der Waals surface area contributed by atoms with Crippen molar-refractivity contribution >= 4 is 5.78 Å². The minimum absolute atomic E-state index is 0.318. The monoisotopic (exact) mass is 248 g/mol. The fourth-order valence-corrected chi connectivity index (χ4v) is 2.99. The van der Waals surface area contributed by atoms with Crippen molar-refractivity contribution in [2.75, 3.05) is 6.61 Å². The summed E-state index contributed by atoms with van der Waals surface area (Å²) in [5.74, 6) is -0.318. The minimum atomic E-state index is -1.73. The minimum Gasteiger partial charge on any atom is -0.393 e. The van der Waals surface area contributed by atoms with Crippen LogP contribution in [-0.2, 0) is 15.6 Å². The number of hydrogen-bond acceptors (Lipinski definition) is 3. The van der Waals surface area contributed by atoms with E-state index < -0.39 is 23.0 Å². The summed E-state index contributed by atoms with van der Waals surface area (Å²) in [5, 5.41) is 20.2. The predicted octanol–water partition coefficient (Wildman–Crippen LogP) is 1.55. The smallest absolute Gasteiger partial charge is 0.177 e. The Bertz CT molecular complexity index is 502. The first-order valence-corrected chi connectivity index (χ1v) is 6.17. The van der Waals surface area contributed by atoms with Gasteiger partial charge >= 0.3 is 0 Å². The van der Waals surface area contributed by atoms with Gasteiger partial charge in [-0.15, -0.1) is 0 Å². The first-order valence-electron chi connectivity index (χ1n) is 6.17. The summed E-state index contributed by atoms with van der Waals surface area (Å²) in [4.78, 5) is 12.6. The SMILES string of the molecule is CC1(C)C(=O)C(O)(CO)C(C)(C)c2ccccc21. The molecule has 0 amide bonds. The molecule has 3 heteroatoms.